The Hall–Kier alpha value is -4.79. The van der Waals surface area contributed by atoms with Gasteiger partial charge in [0.1, 0.15) is 18.8 Å². The van der Waals surface area contributed by atoms with E-state index in [1.54, 1.807) is 13.2 Å². The summed E-state index contributed by atoms with van der Waals surface area (Å²) in [5.74, 6) is -6.37. The Morgan fingerprint density at radius 2 is 1.84 bits per heavy atom. The Kier molecular flexibility index (Phi) is 13.0. The van der Waals surface area contributed by atoms with Crippen LogP contribution < -0.4 is 10.7 Å². The van der Waals surface area contributed by atoms with Crippen molar-refractivity contribution in [2.24, 2.45) is 17.3 Å². The highest BCUT2D eigenvalue weighted by atomic mass is 19.3. The molecule has 1 saturated carbocycles. The minimum Gasteiger partial charge on any atom is -0.464 e. The van der Waals surface area contributed by atoms with Gasteiger partial charge in [-0.2, -0.15) is 0 Å². The molecule has 2 aromatic carbocycles. The molecule has 2 aromatic heterocycles. The maximum Gasteiger partial charge on any atom is 0.324 e. The molecule has 3 fully saturated rings. The number of likely N-dealkylation sites (tertiary alicyclic amines) is 1. The number of piperidine rings is 1. The van der Waals surface area contributed by atoms with Gasteiger partial charge >= 0.3 is 5.97 Å². The lowest BCUT2D eigenvalue weighted by atomic mass is 9.83. The SMILES string of the molecule is CCn1c(-c2cc(C3CCN(C)CC3)cnc2[C@H](C)OC)c2c3cc(ccc31)-c1cc(CF)cc(c1)C[C@H](NC(=O)[C@H]1C[C@@H]1C(C)(F)F)C(=O)N1CCC[C@H](N1)C(=O)OCC(C)(C)C2. The highest BCUT2D eigenvalue weighted by molar-refractivity contribution is 5.96. The Labute approximate surface area is 374 Å². The number of alkyl halides is 3. The van der Waals surface area contributed by atoms with Crippen molar-refractivity contribution in [3.63, 3.8) is 0 Å². The first kappa shape index (κ1) is 45.8. The quantitative estimate of drug-likeness (QED) is 0.161. The van der Waals surface area contributed by atoms with Crippen LogP contribution in [0.1, 0.15) is 107 Å². The summed E-state index contributed by atoms with van der Waals surface area (Å²) in [5, 5.41) is 5.12. The van der Waals surface area contributed by atoms with E-state index in [1.165, 1.54) is 10.6 Å². The summed E-state index contributed by atoms with van der Waals surface area (Å²) in [5.41, 5.74) is 11.2. The van der Waals surface area contributed by atoms with Crippen LogP contribution in [-0.2, 0) is 49.9 Å². The van der Waals surface area contributed by atoms with Crippen LogP contribution in [-0.4, -0.2) is 95.6 Å². The first-order chi connectivity index (χ1) is 30.5. The fraction of sp³-hybridized carbons (Fsp3) is 0.560. The zero-order valence-electron chi connectivity index (χ0n) is 38.2. The van der Waals surface area contributed by atoms with Gasteiger partial charge in [-0.25, -0.2) is 18.6 Å². The number of pyridine rings is 1. The number of hydrazine groups is 1. The predicted octanol–water partition coefficient (Wildman–Crippen LogP) is 8.32. The zero-order chi connectivity index (χ0) is 45.7. The van der Waals surface area contributed by atoms with Crippen LogP contribution in [0.15, 0.2) is 48.7 Å². The molecule has 4 aliphatic rings. The summed E-state index contributed by atoms with van der Waals surface area (Å²) < 4.78 is 57.7. The number of carbonyl (C=O) groups excluding carboxylic acids is 3. The van der Waals surface area contributed by atoms with Crippen LogP contribution in [0.4, 0.5) is 13.2 Å². The molecule has 0 spiro atoms. The molecular weight excluding hydrogens is 822 g/mol. The van der Waals surface area contributed by atoms with Crippen LogP contribution in [0.5, 0.6) is 0 Å². The third kappa shape index (κ3) is 9.46. The molecule has 14 heteroatoms. The second-order valence-corrected chi connectivity index (χ2v) is 19.6. The van der Waals surface area contributed by atoms with Crippen molar-refractivity contribution < 1.29 is 37.0 Å². The summed E-state index contributed by atoms with van der Waals surface area (Å²) in [7, 11) is 3.86. The van der Waals surface area contributed by atoms with Crippen molar-refractivity contribution in [2.45, 2.75) is 123 Å². The van der Waals surface area contributed by atoms with E-state index in [0.717, 1.165) is 77.4 Å². The van der Waals surface area contributed by atoms with E-state index < -0.39 is 59.7 Å². The molecule has 2 amide bonds. The second-order valence-electron chi connectivity index (χ2n) is 19.6. The molecular formula is C50H63F3N6O5. The molecule has 0 unspecified atom stereocenters. The highest BCUT2D eigenvalue weighted by Gasteiger charge is 2.55. The fourth-order valence-corrected chi connectivity index (χ4v) is 10.2. The van der Waals surface area contributed by atoms with E-state index in [9.17, 15) is 27.6 Å². The standard InChI is InChI=1S/C50H63F3N6O5/c1-8-58-43-12-11-33-22-36(43)39(45(58)38-23-35(27-54-44(38)29(2)63-7)32-13-16-57(6)17-14-32)25-49(3,4)28-64-48(62)41-10-9-15-59(56-41)47(61)42(21-30-18-31(26-51)20-34(33)19-30)55-46(60)37-24-40(37)50(5,52)53/h11-12,18-20,22-23,27,29,32,37,40-42,56H,8-10,13-17,21,24-26,28H2,1-7H3,(H,55,60)/t29-,37-,40-,41-,42-/m0/s1. The van der Waals surface area contributed by atoms with E-state index in [-0.39, 0.29) is 32.1 Å². The predicted molar refractivity (Wildman–Crippen MR) is 240 cm³/mol. The van der Waals surface area contributed by atoms with Crippen molar-refractivity contribution in [1.29, 1.82) is 0 Å². The number of aryl methyl sites for hydroxylation is 1. The first-order valence-electron chi connectivity index (χ1n) is 23.0. The van der Waals surface area contributed by atoms with Gasteiger partial charge in [0.15, 0.2) is 0 Å². The molecule has 6 bridgehead atoms. The summed E-state index contributed by atoms with van der Waals surface area (Å²) >= 11 is 0. The van der Waals surface area contributed by atoms with E-state index in [4.69, 9.17) is 14.5 Å². The van der Waals surface area contributed by atoms with Crippen LogP contribution in [0.2, 0.25) is 0 Å². The minimum absolute atomic E-state index is 0.0168. The maximum atomic E-state index is 14.8. The number of ether oxygens (including phenoxy) is 2. The minimum atomic E-state index is -3.04. The van der Waals surface area contributed by atoms with Crippen LogP contribution in [0, 0.1) is 17.3 Å². The van der Waals surface area contributed by atoms with Crippen molar-refractivity contribution in [3.8, 4) is 22.4 Å². The summed E-state index contributed by atoms with van der Waals surface area (Å²) in [6, 6.07) is 12.0. The number of nitrogens with zero attached hydrogens (tertiary/aromatic N) is 4. The van der Waals surface area contributed by atoms with Crippen LogP contribution in [0.25, 0.3) is 33.3 Å². The van der Waals surface area contributed by atoms with Gasteiger partial charge in [0.05, 0.1) is 24.1 Å². The van der Waals surface area contributed by atoms with E-state index in [2.05, 4.69) is 66.2 Å². The Morgan fingerprint density at radius 1 is 1.08 bits per heavy atom. The molecule has 5 atom stereocenters. The summed E-state index contributed by atoms with van der Waals surface area (Å²) in [4.78, 5) is 49.2. The number of cyclic esters (lactones) is 1. The van der Waals surface area contributed by atoms with Crippen LogP contribution >= 0.6 is 0 Å². The number of esters is 1. The number of methoxy groups -OCH3 is 1. The summed E-state index contributed by atoms with van der Waals surface area (Å²) in [6.45, 7) is 11.4. The third-order valence-electron chi connectivity index (χ3n) is 14.0. The van der Waals surface area contributed by atoms with Gasteiger partial charge in [-0.1, -0.05) is 32.0 Å². The molecule has 3 aliphatic heterocycles. The fourth-order valence-electron chi connectivity index (χ4n) is 10.2. The van der Waals surface area contributed by atoms with Crippen molar-refractivity contribution in [3.05, 3.63) is 76.6 Å². The monoisotopic (exact) mass is 884 g/mol. The normalized spacial score (nSPS) is 24.0. The van der Waals surface area contributed by atoms with Crippen LogP contribution in [0.3, 0.4) is 0 Å². The van der Waals surface area contributed by atoms with E-state index >= 15 is 0 Å². The van der Waals surface area contributed by atoms with Gasteiger partial charge < -0.3 is 24.3 Å². The number of aromatic nitrogens is 2. The number of hydrogen-bond acceptors (Lipinski definition) is 8. The molecule has 344 valence electrons. The third-order valence-corrected chi connectivity index (χ3v) is 14.0. The molecule has 8 rings (SSSR count). The number of rotatable bonds is 9. The van der Waals surface area contributed by atoms with Gasteiger partial charge in [-0.15, -0.1) is 0 Å². The lowest BCUT2D eigenvalue weighted by Crippen LogP contribution is -2.60. The van der Waals surface area contributed by atoms with Crippen molar-refractivity contribution in [2.75, 3.05) is 40.4 Å². The second kappa shape index (κ2) is 18.2. The lowest BCUT2D eigenvalue weighted by Gasteiger charge is -2.35. The smallest absolute Gasteiger partial charge is 0.324 e. The topological polar surface area (TPSA) is 118 Å². The Balaban J connectivity index is 1.29. The molecule has 4 aromatic rings. The van der Waals surface area contributed by atoms with Crippen molar-refractivity contribution in [1.82, 2.24) is 30.2 Å². The molecule has 64 heavy (non-hydrogen) atoms. The summed E-state index contributed by atoms with van der Waals surface area (Å²) in [6.07, 6.45) is 5.23. The first-order valence-corrected chi connectivity index (χ1v) is 23.0. The van der Waals surface area contributed by atoms with Gasteiger partial charge in [0, 0.05) is 66.5 Å². The van der Waals surface area contributed by atoms with Gasteiger partial charge in [0.25, 0.3) is 5.91 Å². The Morgan fingerprint density at radius 3 is 2.53 bits per heavy atom. The highest BCUT2D eigenvalue weighted by Crippen LogP contribution is 2.49. The molecule has 5 heterocycles. The van der Waals surface area contributed by atoms with E-state index in [1.807, 2.05) is 31.3 Å². The molecule has 2 N–H and O–H groups in total. The lowest BCUT2D eigenvalue weighted by molar-refractivity contribution is -0.155. The Bertz CT molecular complexity index is 2400. The van der Waals surface area contributed by atoms with E-state index in [0.29, 0.717) is 42.9 Å². The number of amides is 2. The molecule has 1 aliphatic carbocycles. The maximum absolute atomic E-state index is 14.8. The zero-order valence-corrected chi connectivity index (χ0v) is 38.2. The largest absolute Gasteiger partial charge is 0.464 e. The number of benzene rings is 2. The molecule has 11 nitrogen and oxygen atoms in total. The van der Waals surface area contributed by atoms with Gasteiger partial charge in [0.2, 0.25) is 11.8 Å². The number of halogens is 3. The average Bonchev–Trinajstić information content (AvgIpc) is 4.06. The molecule has 2 saturated heterocycles. The molecule has 0 radical (unpaired) electrons. The average molecular weight is 885 g/mol. The van der Waals surface area contributed by atoms with Gasteiger partial charge in [-0.3, -0.25) is 24.4 Å². The number of nitrogens with one attached hydrogen (secondary N) is 2. The number of hydrogen-bond donors (Lipinski definition) is 2. The number of carbonyl (C=O) groups is 3. The number of fused-ring (bicyclic) bond motifs is 6. The van der Waals surface area contributed by atoms with Gasteiger partial charge in [-0.05, 0) is 143 Å². The van der Waals surface area contributed by atoms with Crippen molar-refractivity contribution >= 4 is 28.7 Å².